The molecular weight excluding hydrogens is 330 g/mol. The van der Waals surface area contributed by atoms with Gasteiger partial charge in [-0.3, -0.25) is 0 Å². The van der Waals surface area contributed by atoms with Crippen LogP contribution in [0.5, 0.6) is 11.5 Å². The zero-order chi connectivity index (χ0) is 17.9. The van der Waals surface area contributed by atoms with E-state index in [0.29, 0.717) is 23.0 Å². The third kappa shape index (κ3) is 3.28. The highest BCUT2D eigenvalue weighted by Crippen LogP contribution is 2.33. The van der Waals surface area contributed by atoms with Crippen LogP contribution in [0.2, 0.25) is 0 Å². The number of hydrogen-bond donors (Lipinski definition) is 2. The van der Waals surface area contributed by atoms with E-state index in [1.165, 1.54) is 12.7 Å². The number of benzene rings is 1. The summed E-state index contributed by atoms with van der Waals surface area (Å²) in [6.45, 7) is 2.02. The van der Waals surface area contributed by atoms with Crippen molar-refractivity contribution in [2.45, 2.75) is 18.8 Å². The van der Waals surface area contributed by atoms with Crippen LogP contribution >= 0.6 is 0 Å². The number of esters is 1. The second-order valence-corrected chi connectivity index (χ2v) is 6.46. The van der Waals surface area contributed by atoms with Crippen LogP contribution in [-0.2, 0) is 4.74 Å². The fourth-order valence-corrected chi connectivity index (χ4v) is 3.41. The van der Waals surface area contributed by atoms with Gasteiger partial charge in [-0.05, 0) is 61.7 Å². The van der Waals surface area contributed by atoms with Crippen molar-refractivity contribution < 1.29 is 14.3 Å². The average molecular weight is 351 g/mol. The Morgan fingerprint density at radius 1 is 1.19 bits per heavy atom. The average Bonchev–Trinajstić information content (AvgIpc) is 3.16. The second-order valence-electron chi connectivity index (χ2n) is 6.46. The van der Waals surface area contributed by atoms with Crippen molar-refractivity contribution in [2.24, 2.45) is 0 Å². The lowest BCUT2D eigenvalue weighted by molar-refractivity contribution is 0.0598. The molecule has 26 heavy (non-hydrogen) atoms. The van der Waals surface area contributed by atoms with Gasteiger partial charge in [0.05, 0.1) is 13.3 Å². The molecule has 0 atom stereocenters. The number of rotatable bonds is 4. The molecular formula is C20H21N3O3. The maximum absolute atomic E-state index is 12.2. The molecule has 2 aromatic heterocycles. The van der Waals surface area contributed by atoms with E-state index in [0.717, 1.165) is 37.0 Å². The zero-order valence-corrected chi connectivity index (χ0v) is 14.6. The summed E-state index contributed by atoms with van der Waals surface area (Å²) >= 11 is 0. The molecule has 4 rings (SSSR count). The van der Waals surface area contributed by atoms with Crippen LogP contribution in [0.4, 0.5) is 0 Å². The predicted octanol–water partition coefficient (Wildman–Crippen LogP) is 3.61. The van der Waals surface area contributed by atoms with Gasteiger partial charge >= 0.3 is 5.97 Å². The molecule has 0 radical (unpaired) electrons. The molecule has 3 heterocycles. The molecule has 3 aromatic rings. The maximum Gasteiger partial charge on any atom is 0.341 e. The first-order chi connectivity index (χ1) is 12.7. The number of ether oxygens (including phenoxy) is 2. The standard InChI is InChI=1S/C20H21N3O3/c1-25-20(24)17-3-2-14(13-4-7-21-8-5-13)11-18(17)26-16-10-15-6-9-22-19(15)23-12-16/h2-3,6,9-13,21H,4-5,7-8H2,1H3,(H,22,23). The smallest absolute Gasteiger partial charge is 0.341 e. The SMILES string of the molecule is COC(=O)c1ccc(C2CCNCC2)cc1Oc1cnc2[nH]ccc2c1. The highest BCUT2D eigenvalue weighted by Gasteiger charge is 2.20. The molecule has 0 bridgehead atoms. The molecule has 134 valence electrons. The number of carbonyl (C=O) groups is 1. The fourth-order valence-electron chi connectivity index (χ4n) is 3.41. The Bertz CT molecular complexity index is 929. The van der Waals surface area contributed by atoms with Gasteiger partial charge in [-0.2, -0.15) is 0 Å². The third-order valence-corrected chi connectivity index (χ3v) is 4.82. The van der Waals surface area contributed by atoms with Crippen LogP contribution in [0.25, 0.3) is 11.0 Å². The normalized spacial score (nSPS) is 15.1. The number of aromatic nitrogens is 2. The summed E-state index contributed by atoms with van der Waals surface area (Å²) < 4.78 is 11.0. The Morgan fingerprint density at radius 2 is 2.04 bits per heavy atom. The molecule has 1 aliphatic rings. The number of pyridine rings is 1. The van der Waals surface area contributed by atoms with Crippen molar-refractivity contribution >= 4 is 17.0 Å². The first-order valence-corrected chi connectivity index (χ1v) is 8.78. The van der Waals surface area contributed by atoms with Gasteiger partial charge in [0.2, 0.25) is 0 Å². The van der Waals surface area contributed by atoms with Crippen molar-refractivity contribution in [3.8, 4) is 11.5 Å². The Morgan fingerprint density at radius 3 is 2.85 bits per heavy atom. The van der Waals surface area contributed by atoms with Gasteiger partial charge in [-0.25, -0.2) is 9.78 Å². The number of piperidine rings is 1. The molecule has 1 fully saturated rings. The minimum absolute atomic E-state index is 0.410. The van der Waals surface area contributed by atoms with E-state index in [-0.39, 0.29) is 0 Å². The van der Waals surface area contributed by atoms with Crippen LogP contribution in [0.15, 0.2) is 42.7 Å². The molecule has 1 aliphatic heterocycles. The number of nitrogens with zero attached hydrogens (tertiary/aromatic N) is 1. The first-order valence-electron chi connectivity index (χ1n) is 8.78. The summed E-state index contributed by atoms with van der Waals surface area (Å²) in [5.74, 6) is 1.15. The van der Waals surface area contributed by atoms with E-state index < -0.39 is 5.97 Å². The van der Waals surface area contributed by atoms with Gasteiger partial charge in [-0.1, -0.05) is 6.07 Å². The molecule has 6 heteroatoms. The number of hydrogen-bond acceptors (Lipinski definition) is 5. The number of methoxy groups -OCH3 is 1. The van der Waals surface area contributed by atoms with E-state index in [1.54, 1.807) is 12.3 Å². The van der Waals surface area contributed by atoms with Crippen molar-refractivity contribution in [3.63, 3.8) is 0 Å². The van der Waals surface area contributed by atoms with E-state index >= 15 is 0 Å². The molecule has 0 aliphatic carbocycles. The summed E-state index contributed by atoms with van der Waals surface area (Å²) in [7, 11) is 1.38. The lowest BCUT2D eigenvalue weighted by atomic mass is 9.89. The third-order valence-electron chi connectivity index (χ3n) is 4.82. The molecule has 1 saturated heterocycles. The fraction of sp³-hybridized carbons (Fsp3) is 0.300. The quantitative estimate of drug-likeness (QED) is 0.702. The highest BCUT2D eigenvalue weighted by atomic mass is 16.5. The number of carbonyl (C=O) groups excluding carboxylic acids is 1. The van der Waals surface area contributed by atoms with Gasteiger partial charge in [0.25, 0.3) is 0 Å². The van der Waals surface area contributed by atoms with Gasteiger partial charge in [0.15, 0.2) is 0 Å². The van der Waals surface area contributed by atoms with Crippen LogP contribution in [0, 0.1) is 0 Å². The summed E-state index contributed by atoms with van der Waals surface area (Å²) in [4.78, 5) is 19.5. The van der Waals surface area contributed by atoms with Crippen LogP contribution < -0.4 is 10.1 Å². The monoisotopic (exact) mass is 351 g/mol. The summed E-state index contributed by atoms with van der Waals surface area (Å²) in [6, 6.07) is 9.59. The Balaban J connectivity index is 1.69. The van der Waals surface area contributed by atoms with Crippen molar-refractivity contribution in [1.82, 2.24) is 15.3 Å². The second kappa shape index (κ2) is 7.17. The molecule has 0 spiro atoms. The molecule has 1 aromatic carbocycles. The Kier molecular flexibility index (Phi) is 4.58. The van der Waals surface area contributed by atoms with Gasteiger partial charge in [0, 0.05) is 11.6 Å². The van der Waals surface area contributed by atoms with Crippen LogP contribution in [0.1, 0.15) is 34.7 Å². The number of aromatic amines is 1. The van der Waals surface area contributed by atoms with E-state index in [9.17, 15) is 4.79 Å². The van der Waals surface area contributed by atoms with Crippen molar-refractivity contribution in [2.75, 3.05) is 20.2 Å². The number of H-pyrrole nitrogens is 1. The molecule has 2 N–H and O–H groups in total. The Labute approximate surface area is 151 Å². The van der Waals surface area contributed by atoms with Gasteiger partial charge in [0.1, 0.15) is 22.7 Å². The number of fused-ring (bicyclic) bond motifs is 1. The first kappa shape index (κ1) is 16.6. The predicted molar refractivity (Wildman–Crippen MR) is 98.8 cm³/mol. The number of nitrogens with one attached hydrogen (secondary N) is 2. The van der Waals surface area contributed by atoms with Crippen LogP contribution in [0.3, 0.4) is 0 Å². The molecule has 0 unspecified atom stereocenters. The van der Waals surface area contributed by atoms with E-state index in [1.807, 2.05) is 30.5 Å². The van der Waals surface area contributed by atoms with Gasteiger partial charge < -0.3 is 19.8 Å². The van der Waals surface area contributed by atoms with Crippen molar-refractivity contribution in [3.05, 3.63) is 53.9 Å². The van der Waals surface area contributed by atoms with Crippen molar-refractivity contribution in [1.29, 1.82) is 0 Å². The summed E-state index contributed by atoms with van der Waals surface area (Å²) in [6.07, 6.45) is 5.64. The maximum atomic E-state index is 12.2. The minimum Gasteiger partial charge on any atom is -0.465 e. The summed E-state index contributed by atoms with van der Waals surface area (Å²) in [5, 5.41) is 4.33. The minimum atomic E-state index is -0.410. The lowest BCUT2D eigenvalue weighted by Gasteiger charge is -2.23. The summed E-state index contributed by atoms with van der Waals surface area (Å²) in [5.41, 5.74) is 2.40. The topological polar surface area (TPSA) is 76.2 Å². The van der Waals surface area contributed by atoms with Crippen LogP contribution in [-0.4, -0.2) is 36.1 Å². The van der Waals surface area contributed by atoms with E-state index in [2.05, 4.69) is 15.3 Å². The lowest BCUT2D eigenvalue weighted by Crippen LogP contribution is -2.26. The molecule has 0 amide bonds. The molecule has 0 saturated carbocycles. The van der Waals surface area contributed by atoms with E-state index in [4.69, 9.17) is 9.47 Å². The zero-order valence-electron chi connectivity index (χ0n) is 14.6. The Hall–Kier alpha value is -2.86. The molecule has 6 nitrogen and oxygen atoms in total. The highest BCUT2D eigenvalue weighted by molar-refractivity contribution is 5.92. The largest absolute Gasteiger partial charge is 0.465 e. The van der Waals surface area contributed by atoms with Gasteiger partial charge in [-0.15, -0.1) is 0 Å².